The van der Waals surface area contributed by atoms with E-state index >= 15 is 0 Å². The Kier molecular flexibility index (Phi) is 5.70. The van der Waals surface area contributed by atoms with E-state index in [0.717, 1.165) is 5.56 Å². The molecule has 0 spiro atoms. The average molecular weight is 330 g/mol. The molecule has 2 N–H and O–H groups in total. The number of hydrogen-bond donors (Lipinski definition) is 2. The van der Waals surface area contributed by atoms with Gasteiger partial charge < -0.3 is 9.84 Å². The van der Waals surface area contributed by atoms with Crippen LogP contribution in [-0.2, 0) is 11.3 Å². The topological polar surface area (TPSA) is 87.5 Å². The molecule has 0 aliphatic carbocycles. The third-order valence-corrected chi connectivity index (χ3v) is 3.79. The van der Waals surface area contributed by atoms with Gasteiger partial charge in [0, 0.05) is 25.2 Å². The minimum absolute atomic E-state index is 0.120. The summed E-state index contributed by atoms with van der Waals surface area (Å²) in [5.74, 6) is 0.0494. The number of aromatic nitrogens is 1. The Bertz CT molecular complexity index is 709. The van der Waals surface area contributed by atoms with Crippen LogP contribution in [0.15, 0.2) is 34.9 Å². The number of rotatable bonds is 6. The highest BCUT2D eigenvalue weighted by Crippen LogP contribution is 2.12. The molecule has 2 rings (SSSR count). The molecule has 1 atom stereocenters. The summed E-state index contributed by atoms with van der Waals surface area (Å²) in [7, 11) is 3.46. The van der Waals surface area contributed by atoms with Crippen LogP contribution in [0.3, 0.4) is 0 Å². The van der Waals surface area contributed by atoms with Gasteiger partial charge in [0.2, 0.25) is 11.8 Å². The average Bonchev–Trinajstić information content (AvgIpc) is 2.98. The smallest absolute Gasteiger partial charge is 0.251 e. The third-order valence-electron chi connectivity index (χ3n) is 3.79. The molecule has 2 aromatic rings. The van der Waals surface area contributed by atoms with Gasteiger partial charge in [0.15, 0.2) is 0 Å². The standard InChI is InChI=1S/C17H22N4O3/c1-11-9-15(24-20-11)19-16(22)12(2)21(4)10-13-5-7-14(8-6-13)17(23)18-3/h5-9,12H,10H2,1-4H3,(H,18,23)(H,19,22). The molecule has 0 radical (unpaired) electrons. The van der Waals surface area contributed by atoms with Crippen molar-refractivity contribution < 1.29 is 14.1 Å². The number of carbonyl (C=O) groups excluding carboxylic acids is 2. The predicted molar refractivity (Wildman–Crippen MR) is 90.6 cm³/mol. The number of amides is 2. The van der Waals surface area contributed by atoms with Gasteiger partial charge in [-0.25, -0.2) is 0 Å². The maximum atomic E-state index is 12.2. The second-order valence-corrected chi connectivity index (χ2v) is 5.69. The normalized spacial score (nSPS) is 12.0. The van der Waals surface area contributed by atoms with Gasteiger partial charge in [0.1, 0.15) is 0 Å². The summed E-state index contributed by atoms with van der Waals surface area (Å²) in [4.78, 5) is 25.7. The molecule has 0 aliphatic rings. The first-order valence-corrected chi connectivity index (χ1v) is 7.66. The van der Waals surface area contributed by atoms with Crippen molar-refractivity contribution in [3.63, 3.8) is 0 Å². The second-order valence-electron chi connectivity index (χ2n) is 5.69. The molecular formula is C17H22N4O3. The highest BCUT2D eigenvalue weighted by atomic mass is 16.5. The van der Waals surface area contributed by atoms with E-state index in [1.54, 1.807) is 32.2 Å². The van der Waals surface area contributed by atoms with Gasteiger partial charge in [0.25, 0.3) is 5.91 Å². The number of aryl methyl sites for hydroxylation is 1. The maximum absolute atomic E-state index is 12.2. The minimum Gasteiger partial charge on any atom is -0.355 e. The van der Waals surface area contributed by atoms with Gasteiger partial charge in [-0.05, 0) is 38.6 Å². The number of carbonyl (C=O) groups is 2. The zero-order valence-electron chi connectivity index (χ0n) is 14.3. The SMILES string of the molecule is CNC(=O)c1ccc(CN(C)C(C)C(=O)Nc2cc(C)no2)cc1. The zero-order valence-corrected chi connectivity index (χ0v) is 14.3. The number of likely N-dealkylation sites (N-methyl/N-ethyl adjacent to an activating group) is 1. The molecule has 7 heteroatoms. The number of nitrogens with zero attached hydrogens (tertiary/aromatic N) is 2. The first-order chi connectivity index (χ1) is 11.4. The van der Waals surface area contributed by atoms with E-state index in [0.29, 0.717) is 23.7 Å². The summed E-state index contributed by atoms with van der Waals surface area (Å²) in [5.41, 5.74) is 2.33. The van der Waals surface area contributed by atoms with Crippen LogP contribution >= 0.6 is 0 Å². The van der Waals surface area contributed by atoms with E-state index in [-0.39, 0.29) is 17.9 Å². The second kappa shape index (κ2) is 7.74. The molecular weight excluding hydrogens is 308 g/mol. The predicted octanol–water partition coefficient (Wildman–Crippen LogP) is 1.80. The summed E-state index contributed by atoms with van der Waals surface area (Å²) >= 11 is 0. The van der Waals surface area contributed by atoms with Crippen LogP contribution < -0.4 is 10.6 Å². The Balaban J connectivity index is 1.94. The van der Waals surface area contributed by atoms with Crippen molar-refractivity contribution in [1.82, 2.24) is 15.4 Å². The molecule has 1 heterocycles. The van der Waals surface area contributed by atoms with Crippen LogP contribution in [0.4, 0.5) is 5.88 Å². The molecule has 1 aromatic heterocycles. The maximum Gasteiger partial charge on any atom is 0.251 e. The summed E-state index contributed by atoms with van der Waals surface area (Å²) in [5, 5.41) is 9.02. The largest absolute Gasteiger partial charge is 0.355 e. The van der Waals surface area contributed by atoms with E-state index in [2.05, 4.69) is 15.8 Å². The van der Waals surface area contributed by atoms with Crippen molar-refractivity contribution in [2.75, 3.05) is 19.4 Å². The van der Waals surface area contributed by atoms with Crippen LogP contribution in [0, 0.1) is 6.92 Å². The lowest BCUT2D eigenvalue weighted by Crippen LogP contribution is -2.39. The fraction of sp³-hybridized carbons (Fsp3) is 0.353. The third kappa shape index (κ3) is 4.42. The number of anilines is 1. The number of nitrogens with one attached hydrogen (secondary N) is 2. The molecule has 0 bridgehead atoms. The van der Waals surface area contributed by atoms with Crippen LogP contribution in [-0.4, -0.2) is 42.0 Å². The molecule has 0 saturated carbocycles. The van der Waals surface area contributed by atoms with Crippen LogP contribution in [0.2, 0.25) is 0 Å². The lowest BCUT2D eigenvalue weighted by Gasteiger charge is -2.23. The Morgan fingerprint density at radius 1 is 1.29 bits per heavy atom. The molecule has 0 aliphatic heterocycles. The van der Waals surface area contributed by atoms with Crippen LogP contribution in [0.5, 0.6) is 0 Å². The van der Waals surface area contributed by atoms with E-state index in [9.17, 15) is 9.59 Å². The lowest BCUT2D eigenvalue weighted by atomic mass is 10.1. The van der Waals surface area contributed by atoms with Crippen molar-refractivity contribution in [3.8, 4) is 0 Å². The quantitative estimate of drug-likeness (QED) is 0.843. The number of benzene rings is 1. The molecule has 2 amide bonds. The Labute approximate surface area is 141 Å². The molecule has 1 unspecified atom stereocenters. The van der Waals surface area contributed by atoms with Gasteiger partial charge in [-0.15, -0.1) is 0 Å². The van der Waals surface area contributed by atoms with Crippen molar-refractivity contribution in [2.24, 2.45) is 0 Å². The molecule has 7 nitrogen and oxygen atoms in total. The highest BCUT2D eigenvalue weighted by Gasteiger charge is 2.19. The van der Waals surface area contributed by atoms with Crippen molar-refractivity contribution in [2.45, 2.75) is 26.4 Å². The van der Waals surface area contributed by atoms with Crippen molar-refractivity contribution in [3.05, 3.63) is 47.2 Å². The summed E-state index contributed by atoms with van der Waals surface area (Å²) in [6.07, 6.45) is 0. The molecule has 128 valence electrons. The van der Waals surface area contributed by atoms with E-state index in [4.69, 9.17) is 4.52 Å². The van der Waals surface area contributed by atoms with Gasteiger partial charge in [-0.2, -0.15) is 0 Å². The van der Waals surface area contributed by atoms with E-state index in [1.165, 1.54) is 0 Å². The van der Waals surface area contributed by atoms with Crippen LogP contribution in [0.25, 0.3) is 0 Å². The van der Waals surface area contributed by atoms with Gasteiger partial charge >= 0.3 is 0 Å². The minimum atomic E-state index is -0.353. The van der Waals surface area contributed by atoms with Gasteiger partial charge in [0.05, 0.1) is 11.7 Å². The first kappa shape index (κ1) is 17.7. The van der Waals surface area contributed by atoms with Gasteiger partial charge in [-0.1, -0.05) is 17.3 Å². The number of hydrogen-bond acceptors (Lipinski definition) is 5. The van der Waals surface area contributed by atoms with Gasteiger partial charge in [-0.3, -0.25) is 19.8 Å². The van der Waals surface area contributed by atoms with E-state index < -0.39 is 0 Å². The fourth-order valence-electron chi connectivity index (χ4n) is 2.18. The summed E-state index contributed by atoms with van der Waals surface area (Å²) in [6.45, 7) is 4.19. The lowest BCUT2D eigenvalue weighted by molar-refractivity contribution is -0.120. The van der Waals surface area contributed by atoms with Crippen LogP contribution in [0.1, 0.15) is 28.5 Å². The Morgan fingerprint density at radius 3 is 2.50 bits per heavy atom. The summed E-state index contributed by atoms with van der Waals surface area (Å²) < 4.78 is 4.99. The molecule has 24 heavy (non-hydrogen) atoms. The van der Waals surface area contributed by atoms with E-state index in [1.807, 2.05) is 31.0 Å². The Hall–Kier alpha value is -2.67. The molecule has 1 aromatic carbocycles. The fourth-order valence-corrected chi connectivity index (χ4v) is 2.18. The highest BCUT2D eigenvalue weighted by molar-refractivity contribution is 5.94. The zero-order chi connectivity index (χ0) is 17.7. The monoisotopic (exact) mass is 330 g/mol. The summed E-state index contributed by atoms with van der Waals surface area (Å²) in [6, 6.07) is 8.61. The first-order valence-electron chi connectivity index (χ1n) is 7.66. The Morgan fingerprint density at radius 2 is 1.96 bits per heavy atom. The van der Waals surface area contributed by atoms with Crippen molar-refractivity contribution >= 4 is 17.7 Å². The van der Waals surface area contributed by atoms with Crippen molar-refractivity contribution in [1.29, 1.82) is 0 Å². The molecule has 0 fully saturated rings. The molecule has 0 saturated heterocycles.